The number of hydrogen-bond donors (Lipinski definition) is 0. The third-order valence-electron chi connectivity index (χ3n) is 12.1. The van der Waals surface area contributed by atoms with E-state index in [-0.39, 0.29) is 5.41 Å². The van der Waals surface area contributed by atoms with E-state index < -0.39 is 0 Å². The van der Waals surface area contributed by atoms with E-state index in [1.54, 1.807) is 0 Å². The predicted molar refractivity (Wildman–Crippen MR) is 245 cm³/mol. The topological polar surface area (TPSA) is 38.7 Å². The molecular formula is C56H39N3. The predicted octanol–water partition coefficient (Wildman–Crippen LogP) is 14.5. The van der Waals surface area contributed by atoms with Crippen LogP contribution in [0.2, 0.25) is 0 Å². The molecule has 0 N–H and O–H groups in total. The van der Waals surface area contributed by atoms with Crippen LogP contribution in [0.3, 0.4) is 0 Å². The van der Waals surface area contributed by atoms with Gasteiger partial charge in [0.15, 0.2) is 5.82 Å². The number of fused-ring (bicyclic) bond motifs is 5. The van der Waals surface area contributed by atoms with Gasteiger partial charge in [0.05, 0.1) is 22.6 Å². The second-order valence-electron chi connectivity index (χ2n) is 16.0. The van der Waals surface area contributed by atoms with Crippen molar-refractivity contribution in [2.24, 2.45) is 0 Å². The smallest absolute Gasteiger partial charge is 0.161 e. The Morgan fingerprint density at radius 2 is 0.915 bits per heavy atom. The van der Waals surface area contributed by atoms with Gasteiger partial charge in [-0.15, -0.1) is 0 Å². The highest BCUT2D eigenvalue weighted by atomic mass is 14.9. The fourth-order valence-electron chi connectivity index (χ4n) is 9.03. The first-order valence-electron chi connectivity index (χ1n) is 20.3. The van der Waals surface area contributed by atoms with Crippen LogP contribution in [0.4, 0.5) is 0 Å². The largest absolute Gasteiger partial charge is 0.248 e. The van der Waals surface area contributed by atoms with Crippen LogP contribution in [0, 0.1) is 0 Å². The molecule has 0 amide bonds. The molecule has 0 saturated heterocycles. The Morgan fingerprint density at radius 1 is 0.322 bits per heavy atom. The SMILES string of the molecule is CC1(C)c2ccccc2-c2cc3c(-c4cc(-c5nc(-c6ccccc6)cc(-c6cccc(-c7ccccc7)c6)n5)c5ccccc5c4)cc(-c4ccccc4)nc3cc21. The van der Waals surface area contributed by atoms with Crippen molar-refractivity contribution in [3.63, 3.8) is 0 Å². The zero-order chi connectivity index (χ0) is 39.5. The van der Waals surface area contributed by atoms with E-state index in [2.05, 4.69) is 208 Å². The fraction of sp³-hybridized carbons (Fsp3) is 0.0536. The molecule has 278 valence electrons. The van der Waals surface area contributed by atoms with Gasteiger partial charge in [0, 0.05) is 33.1 Å². The summed E-state index contributed by atoms with van der Waals surface area (Å²) in [5, 5.41) is 3.35. The maximum absolute atomic E-state index is 5.41. The van der Waals surface area contributed by atoms with Gasteiger partial charge >= 0.3 is 0 Å². The molecule has 10 aromatic rings. The molecule has 0 bridgehead atoms. The first kappa shape index (κ1) is 34.7. The van der Waals surface area contributed by atoms with E-state index in [1.807, 2.05) is 6.07 Å². The lowest BCUT2D eigenvalue weighted by Gasteiger charge is -2.22. The monoisotopic (exact) mass is 753 g/mol. The van der Waals surface area contributed by atoms with Crippen molar-refractivity contribution in [2.75, 3.05) is 0 Å². The molecule has 1 aliphatic carbocycles. The Kier molecular flexibility index (Phi) is 8.16. The Labute approximate surface area is 344 Å². The van der Waals surface area contributed by atoms with E-state index in [4.69, 9.17) is 15.0 Å². The molecule has 2 heterocycles. The zero-order valence-corrected chi connectivity index (χ0v) is 32.9. The van der Waals surface area contributed by atoms with E-state index in [0.717, 1.165) is 77.7 Å². The average molecular weight is 754 g/mol. The summed E-state index contributed by atoms with van der Waals surface area (Å²) in [7, 11) is 0. The minimum absolute atomic E-state index is 0.139. The summed E-state index contributed by atoms with van der Waals surface area (Å²) < 4.78 is 0. The normalized spacial score (nSPS) is 12.7. The van der Waals surface area contributed by atoms with Gasteiger partial charge in [-0.1, -0.05) is 172 Å². The number of pyridine rings is 1. The first-order chi connectivity index (χ1) is 29.0. The number of benzene rings is 8. The highest BCUT2D eigenvalue weighted by molar-refractivity contribution is 6.06. The summed E-state index contributed by atoms with van der Waals surface area (Å²) in [6.45, 7) is 4.66. The van der Waals surface area contributed by atoms with E-state index in [0.29, 0.717) is 5.82 Å². The maximum atomic E-state index is 5.41. The minimum Gasteiger partial charge on any atom is -0.248 e. The van der Waals surface area contributed by atoms with Gasteiger partial charge < -0.3 is 0 Å². The summed E-state index contributed by atoms with van der Waals surface area (Å²) in [4.78, 5) is 16.1. The third kappa shape index (κ3) is 6.02. The zero-order valence-electron chi connectivity index (χ0n) is 32.9. The minimum atomic E-state index is -0.139. The molecule has 3 nitrogen and oxygen atoms in total. The Bertz CT molecular complexity index is 3220. The molecule has 0 spiro atoms. The Balaban J connectivity index is 1.17. The van der Waals surface area contributed by atoms with Crippen molar-refractivity contribution in [3.8, 4) is 78.5 Å². The molecule has 1 aliphatic rings. The van der Waals surface area contributed by atoms with Gasteiger partial charge in [-0.3, -0.25) is 0 Å². The Morgan fingerprint density at radius 3 is 1.66 bits per heavy atom. The number of aromatic nitrogens is 3. The number of hydrogen-bond acceptors (Lipinski definition) is 3. The number of rotatable bonds is 6. The molecule has 0 aliphatic heterocycles. The summed E-state index contributed by atoms with van der Waals surface area (Å²) in [6.07, 6.45) is 0. The van der Waals surface area contributed by atoms with E-state index in [9.17, 15) is 0 Å². The highest BCUT2D eigenvalue weighted by Gasteiger charge is 2.36. The van der Waals surface area contributed by atoms with Crippen LogP contribution in [-0.2, 0) is 5.41 Å². The Hall–Kier alpha value is -7.49. The van der Waals surface area contributed by atoms with Gasteiger partial charge in [-0.05, 0) is 97.7 Å². The van der Waals surface area contributed by atoms with Crippen LogP contribution in [0.15, 0.2) is 200 Å². The molecule has 11 rings (SSSR count). The molecule has 59 heavy (non-hydrogen) atoms. The quantitative estimate of drug-likeness (QED) is 0.170. The van der Waals surface area contributed by atoms with Gasteiger partial charge in [0.25, 0.3) is 0 Å². The second kappa shape index (κ2) is 13.9. The summed E-state index contributed by atoms with van der Waals surface area (Å²) >= 11 is 0. The van der Waals surface area contributed by atoms with Crippen LogP contribution in [0.5, 0.6) is 0 Å². The molecule has 0 atom stereocenters. The second-order valence-corrected chi connectivity index (χ2v) is 16.0. The highest BCUT2D eigenvalue weighted by Crippen LogP contribution is 2.51. The van der Waals surface area contributed by atoms with Crippen LogP contribution < -0.4 is 0 Å². The summed E-state index contributed by atoms with van der Waals surface area (Å²) in [5.74, 6) is 0.683. The van der Waals surface area contributed by atoms with E-state index in [1.165, 1.54) is 27.8 Å². The number of nitrogens with zero attached hydrogens (tertiary/aromatic N) is 3. The lowest BCUT2D eigenvalue weighted by molar-refractivity contribution is 0.661. The molecule has 2 aromatic heterocycles. The van der Waals surface area contributed by atoms with Crippen molar-refractivity contribution < 1.29 is 0 Å². The van der Waals surface area contributed by atoms with Crippen molar-refractivity contribution in [3.05, 3.63) is 211 Å². The average Bonchev–Trinajstić information content (AvgIpc) is 3.53. The van der Waals surface area contributed by atoms with Gasteiger partial charge in [-0.25, -0.2) is 15.0 Å². The van der Waals surface area contributed by atoms with Gasteiger partial charge in [0.2, 0.25) is 0 Å². The maximum Gasteiger partial charge on any atom is 0.161 e. The van der Waals surface area contributed by atoms with Crippen molar-refractivity contribution in [2.45, 2.75) is 19.3 Å². The van der Waals surface area contributed by atoms with Crippen LogP contribution in [-0.4, -0.2) is 15.0 Å². The lowest BCUT2D eigenvalue weighted by atomic mass is 9.82. The molecule has 3 heteroatoms. The van der Waals surface area contributed by atoms with E-state index >= 15 is 0 Å². The molecule has 0 unspecified atom stereocenters. The molecular weight excluding hydrogens is 715 g/mol. The van der Waals surface area contributed by atoms with Crippen molar-refractivity contribution >= 4 is 21.7 Å². The van der Waals surface area contributed by atoms with Gasteiger partial charge in [0.1, 0.15) is 0 Å². The molecule has 0 fully saturated rings. The summed E-state index contributed by atoms with van der Waals surface area (Å²) in [6, 6.07) is 71.3. The van der Waals surface area contributed by atoms with Crippen molar-refractivity contribution in [1.82, 2.24) is 15.0 Å². The van der Waals surface area contributed by atoms with Gasteiger partial charge in [-0.2, -0.15) is 0 Å². The molecule has 8 aromatic carbocycles. The van der Waals surface area contributed by atoms with Crippen LogP contribution in [0.25, 0.3) is 100 Å². The molecule has 0 radical (unpaired) electrons. The van der Waals surface area contributed by atoms with Crippen LogP contribution in [0.1, 0.15) is 25.0 Å². The molecule has 0 saturated carbocycles. The third-order valence-corrected chi connectivity index (χ3v) is 12.1. The lowest BCUT2D eigenvalue weighted by Crippen LogP contribution is -2.14. The van der Waals surface area contributed by atoms with Crippen molar-refractivity contribution in [1.29, 1.82) is 0 Å². The summed E-state index contributed by atoms with van der Waals surface area (Å²) in [5.41, 5.74) is 17.5. The first-order valence-corrected chi connectivity index (χ1v) is 20.3. The van der Waals surface area contributed by atoms with Crippen LogP contribution >= 0.6 is 0 Å². The fourth-order valence-corrected chi connectivity index (χ4v) is 9.03. The standard InChI is InChI=1S/C56H39N3/c1-56(2)49-28-15-14-27-44(49)46-32-47-45(33-51(37-19-8-4-9-20-37)57-54(47)34-50(46)56)42-30-40-23-12-13-26-43(40)48(31-42)55-58-52(38-21-10-5-11-22-38)35-53(59-55)41-25-16-24-39(29-41)36-17-6-3-7-18-36/h3-35H,1-2H3.